The van der Waals surface area contributed by atoms with Crippen LogP contribution in [0.5, 0.6) is 0 Å². The lowest BCUT2D eigenvalue weighted by molar-refractivity contribution is 0.600. The number of hydrazone groups is 1. The first kappa shape index (κ1) is 22.1. The largest absolute Gasteiger partial charge is 0.341 e. The molecule has 5 nitrogen and oxygen atoms in total. The zero-order valence-corrected chi connectivity index (χ0v) is 20.7. The van der Waals surface area contributed by atoms with Crippen LogP contribution in [0.15, 0.2) is 65.8 Å². The van der Waals surface area contributed by atoms with Crippen molar-refractivity contribution in [1.29, 1.82) is 0 Å². The minimum atomic E-state index is -3.04. The molecule has 6 rings (SSSR count). The van der Waals surface area contributed by atoms with Crippen LogP contribution in [0.3, 0.4) is 0 Å². The Morgan fingerprint density at radius 3 is 2.66 bits per heavy atom. The van der Waals surface area contributed by atoms with Crippen molar-refractivity contribution in [3.8, 4) is 0 Å². The molecule has 0 bridgehead atoms. The zero-order chi connectivity index (χ0) is 24.0. The predicted octanol–water partition coefficient (Wildman–Crippen LogP) is 4.20. The van der Waals surface area contributed by atoms with Crippen molar-refractivity contribution >= 4 is 55.6 Å². The number of aromatic nitrogens is 1. The van der Waals surface area contributed by atoms with Crippen LogP contribution in [0.25, 0.3) is 33.8 Å². The van der Waals surface area contributed by atoms with Crippen LogP contribution in [0.4, 0.5) is 5.69 Å². The second-order valence-corrected chi connectivity index (χ2v) is 11.7. The molecule has 2 aliphatic rings. The summed E-state index contributed by atoms with van der Waals surface area (Å²) in [7, 11) is -3.04. The van der Waals surface area contributed by atoms with Gasteiger partial charge in [0.1, 0.15) is 0 Å². The molecule has 1 aromatic heterocycles. The Labute approximate surface area is 205 Å². The highest BCUT2D eigenvalue weighted by molar-refractivity contribution is 7.91. The van der Waals surface area contributed by atoms with Gasteiger partial charge in [-0.25, -0.2) is 8.42 Å². The highest BCUT2D eigenvalue weighted by Gasteiger charge is 2.32. The molecule has 0 amide bonds. The highest BCUT2D eigenvalue weighted by atomic mass is 32.2. The van der Waals surface area contributed by atoms with E-state index in [1.54, 1.807) is 0 Å². The van der Waals surface area contributed by atoms with E-state index in [9.17, 15) is 8.42 Å². The van der Waals surface area contributed by atoms with Gasteiger partial charge >= 0.3 is 0 Å². The van der Waals surface area contributed by atoms with Gasteiger partial charge in [-0.2, -0.15) is 5.10 Å². The van der Waals surface area contributed by atoms with Crippen molar-refractivity contribution in [3.05, 3.63) is 76.8 Å². The van der Waals surface area contributed by atoms with Crippen LogP contribution in [-0.4, -0.2) is 36.7 Å². The number of rotatable bonds is 5. The van der Waals surface area contributed by atoms with Gasteiger partial charge in [0.25, 0.3) is 0 Å². The average Bonchev–Trinajstić information content (AvgIpc) is 3.40. The SMILES string of the molecule is CCn1c2c(c3cc(/C=N\N(c4ccc5ccccc5c4)C4CCS(=O)(=O)C4)ccc31)=CCCC=2. The summed E-state index contributed by atoms with van der Waals surface area (Å²) in [6.45, 7) is 3.13. The summed E-state index contributed by atoms with van der Waals surface area (Å²) in [6, 6.07) is 20.8. The van der Waals surface area contributed by atoms with Crippen LogP contribution in [-0.2, 0) is 16.4 Å². The third kappa shape index (κ3) is 4.06. The monoisotopic (exact) mass is 483 g/mol. The molecule has 35 heavy (non-hydrogen) atoms. The summed E-state index contributed by atoms with van der Waals surface area (Å²) < 4.78 is 27.0. The number of benzene rings is 3. The van der Waals surface area contributed by atoms with Crippen LogP contribution in [0.2, 0.25) is 0 Å². The van der Waals surface area contributed by atoms with Gasteiger partial charge in [0, 0.05) is 28.0 Å². The minimum Gasteiger partial charge on any atom is -0.341 e. The van der Waals surface area contributed by atoms with Gasteiger partial charge in [-0.05, 0) is 66.8 Å². The molecule has 0 radical (unpaired) electrons. The molecule has 178 valence electrons. The van der Waals surface area contributed by atoms with E-state index >= 15 is 0 Å². The standard InChI is InChI=1S/C29H29N3O2S/c1-2-31-28-10-6-5-9-26(28)27-17-21(11-14-29(27)31)19-30-32(25-15-16-35(33,34)20-25)24-13-12-22-7-3-4-8-23(22)18-24/h3-4,7-14,17-19,25H,2,5-6,15-16,20H2,1H3/b30-19-. The molecule has 3 aromatic carbocycles. The average molecular weight is 484 g/mol. The van der Waals surface area contributed by atoms with E-state index < -0.39 is 9.84 Å². The second kappa shape index (κ2) is 8.68. The summed E-state index contributed by atoms with van der Waals surface area (Å²) >= 11 is 0. The lowest BCUT2D eigenvalue weighted by atomic mass is 10.1. The molecule has 1 aliphatic carbocycles. The van der Waals surface area contributed by atoms with Gasteiger partial charge in [0.15, 0.2) is 9.84 Å². The van der Waals surface area contributed by atoms with Gasteiger partial charge in [-0.15, -0.1) is 0 Å². The topological polar surface area (TPSA) is 54.7 Å². The number of fused-ring (bicyclic) bond motifs is 4. The lowest BCUT2D eigenvalue weighted by Gasteiger charge is -2.25. The first-order valence-electron chi connectivity index (χ1n) is 12.4. The molecule has 1 unspecified atom stereocenters. The van der Waals surface area contributed by atoms with E-state index in [0.717, 1.165) is 41.4 Å². The maximum atomic E-state index is 12.3. The fourth-order valence-corrected chi connectivity index (χ4v) is 7.20. The van der Waals surface area contributed by atoms with Crippen molar-refractivity contribution in [1.82, 2.24) is 4.57 Å². The molecule has 2 heterocycles. The van der Waals surface area contributed by atoms with Gasteiger partial charge in [-0.3, -0.25) is 5.01 Å². The van der Waals surface area contributed by atoms with E-state index in [4.69, 9.17) is 5.10 Å². The summed E-state index contributed by atoms with van der Waals surface area (Å²) in [5.41, 5.74) is 3.18. The summed E-state index contributed by atoms with van der Waals surface area (Å²) in [5.74, 6) is 0.347. The highest BCUT2D eigenvalue weighted by Crippen LogP contribution is 2.28. The number of nitrogens with zero attached hydrogens (tertiary/aromatic N) is 3. The van der Waals surface area contributed by atoms with E-state index in [-0.39, 0.29) is 17.5 Å². The fourth-order valence-electron chi connectivity index (χ4n) is 5.51. The summed E-state index contributed by atoms with van der Waals surface area (Å²) in [6.07, 6.45) is 9.30. The molecule has 1 aliphatic heterocycles. The number of hydrogen-bond acceptors (Lipinski definition) is 4. The number of hydrogen-bond donors (Lipinski definition) is 0. The van der Waals surface area contributed by atoms with E-state index in [1.807, 2.05) is 29.4 Å². The third-order valence-electron chi connectivity index (χ3n) is 7.22. The molecule has 1 atom stereocenters. The first-order chi connectivity index (χ1) is 17.0. The Bertz CT molecular complexity index is 1700. The van der Waals surface area contributed by atoms with E-state index in [2.05, 4.69) is 66.1 Å². The van der Waals surface area contributed by atoms with Gasteiger partial charge in [0.05, 0.1) is 29.4 Å². The number of anilines is 1. The Morgan fingerprint density at radius 1 is 1.03 bits per heavy atom. The molecule has 4 aromatic rings. The van der Waals surface area contributed by atoms with Crippen LogP contribution in [0, 0.1) is 0 Å². The predicted molar refractivity (Wildman–Crippen MR) is 146 cm³/mol. The van der Waals surface area contributed by atoms with Crippen molar-refractivity contribution in [2.75, 3.05) is 16.5 Å². The maximum absolute atomic E-state index is 12.3. The fraction of sp³-hybridized carbons (Fsp3) is 0.276. The Balaban J connectivity index is 1.42. The van der Waals surface area contributed by atoms with Crippen LogP contribution in [0.1, 0.15) is 31.7 Å². The molecule has 0 N–H and O–H groups in total. The van der Waals surface area contributed by atoms with E-state index in [1.165, 1.54) is 21.5 Å². The molecule has 6 heteroatoms. The smallest absolute Gasteiger partial charge is 0.152 e. The van der Waals surface area contributed by atoms with Gasteiger partial charge < -0.3 is 4.57 Å². The lowest BCUT2D eigenvalue weighted by Crippen LogP contribution is -2.32. The first-order valence-corrected chi connectivity index (χ1v) is 14.2. The quantitative estimate of drug-likeness (QED) is 0.316. The van der Waals surface area contributed by atoms with Crippen molar-refractivity contribution in [2.24, 2.45) is 5.10 Å². The number of sulfone groups is 1. The molecule has 1 saturated heterocycles. The van der Waals surface area contributed by atoms with Gasteiger partial charge in [0.2, 0.25) is 0 Å². The molecule has 0 saturated carbocycles. The zero-order valence-electron chi connectivity index (χ0n) is 19.9. The van der Waals surface area contributed by atoms with Crippen molar-refractivity contribution in [3.63, 3.8) is 0 Å². The van der Waals surface area contributed by atoms with Gasteiger partial charge in [-0.1, -0.05) is 48.6 Å². The number of aryl methyl sites for hydroxylation is 1. The Hall–Kier alpha value is -3.38. The van der Waals surface area contributed by atoms with E-state index in [0.29, 0.717) is 6.42 Å². The normalized spacial score (nSPS) is 19.1. The molecular formula is C29H29N3O2S. The summed E-state index contributed by atoms with van der Waals surface area (Å²) in [4.78, 5) is 0. The maximum Gasteiger partial charge on any atom is 0.152 e. The Morgan fingerprint density at radius 2 is 1.86 bits per heavy atom. The summed E-state index contributed by atoms with van der Waals surface area (Å²) in [5, 5.41) is 13.0. The van der Waals surface area contributed by atoms with Crippen molar-refractivity contribution in [2.45, 2.75) is 38.8 Å². The third-order valence-corrected chi connectivity index (χ3v) is 8.97. The molecular weight excluding hydrogens is 454 g/mol. The van der Waals surface area contributed by atoms with Crippen LogP contribution >= 0.6 is 0 Å². The molecule has 1 fully saturated rings. The Kier molecular flexibility index (Phi) is 5.49. The van der Waals surface area contributed by atoms with Crippen LogP contribution < -0.4 is 15.6 Å². The molecule has 0 spiro atoms. The van der Waals surface area contributed by atoms with Crippen molar-refractivity contribution < 1.29 is 8.42 Å². The minimum absolute atomic E-state index is 0.133. The second-order valence-electron chi connectivity index (χ2n) is 9.48.